The molecule has 9 aromatic rings. The Kier molecular flexibility index (Phi) is 6.04. The van der Waals surface area contributed by atoms with Crippen LogP contribution < -0.4 is 0 Å². The average molecular weight is 613 g/mol. The summed E-state index contributed by atoms with van der Waals surface area (Å²) >= 11 is 0. The van der Waals surface area contributed by atoms with Crippen LogP contribution in [0.1, 0.15) is 12.8 Å². The molecule has 0 radical (unpaired) electrons. The lowest BCUT2D eigenvalue weighted by molar-refractivity contribution is 0.979. The summed E-state index contributed by atoms with van der Waals surface area (Å²) in [4.78, 5) is 0. The molecule has 0 atom stereocenters. The minimum atomic E-state index is 1.04. The van der Waals surface area contributed by atoms with Gasteiger partial charge in [0.15, 0.2) is 0 Å². The number of fused-ring (bicyclic) bond motifs is 9. The Balaban J connectivity index is 1.20. The van der Waals surface area contributed by atoms with E-state index in [4.69, 9.17) is 0 Å². The molecular weight excluding hydrogens is 581 g/mol. The summed E-state index contributed by atoms with van der Waals surface area (Å²) in [5, 5.41) is 9.01. The Labute approximate surface area is 279 Å². The van der Waals surface area contributed by atoms with Gasteiger partial charge in [0.2, 0.25) is 0 Å². The Morgan fingerprint density at radius 3 is 1.83 bits per heavy atom. The Morgan fingerprint density at radius 1 is 0.458 bits per heavy atom. The SMILES string of the molecule is C1=CCCC(n2c3ccccc3c3c(-c4ccc(-c5cc6c7ccccc7c7ccccc7c6n5-c5ccccc5)cc4)cccc32)=C1. The van der Waals surface area contributed by atoms with Crippen LogP contribution in [-0.4, -0.2) is 9.13 Å². The van der Waals surface area contributed by atoms with Crippen LogP contribution in [0.2, 0.25) is 0 Å². The van der Waals surface area contributed by atoms with E-state index in [1.54, 1.807) is 0 Å². The zero-order valence-corrected chi connectivity index (χ0v) is 26.5. The van der Waals surface area contributed by atoms with Gasteiger partial charge in [0, 0.05) is 32.9 Å². The molecule has 0 bridgehead atoms. The third kappa shape index (κ3) is 3.99. The summed E-state index contributed by atoms with van der Waals surface area (Å²) in [6.07, 6.45) is 8.85. The van der Waals surface area contributed by atoms with Gasteiger partial charge in [-0.3, -0.25) is 0 Å². The molecule has 2 nitrogen and oxygen atoms in total. The van der Waals surface area contributed by atoms with E-state index in [0.29, 0.717) is 0 Å². The number of allylic oxidation sites excluding steroid dienone is 4. The predicted octanol–water partition coefficient (Wildman–Crippen LogP) is 12.6. The van der Waals surface area contributed by atoms with Crippen LogP contribution in [0.3, 0.4) is 0 Å². The number of rotatable bonds is 4. The van der Waals surface area contributed by atoms with Gasteiger partial charge in [-0.2, -0.15) is 0 Å². The van der Waals surface area contributed by atoms with Crippen LogP contribution in [0.5, 0.6) is 0 Å². The maximum absolute atomic E-state index is 2.47. The number of hydrogen-bond acceptors (Lipinski definition) is 0. The Hall–Kier alpha value is -6.12. The van der Waals surface area contributed by atoms with Crippen LogP contribution >= 0.6 is 0 Å². The van der Waals surface area contributed by atoms with Crippen LogP contribution in [0.15, 0.2) is 170 Å². The van der Waals surface area contributed by atoms with Gasteiger partial charge in [-0.15, -0.1) is 0 Å². The third-order valence-corrected chi connectivity index (χ3v) is 10.2. The van der Waals surface area contributed by atoms with E-state index in [1.807, 2.05) is 0 Å². The van der Waals surface area contributed by atoms with Crippen molar-refractivity contribution in [2.75, 3.05) is 0 Å². The second-order valence-corrected chi connectivity index (χ2v) is 12.8. The van der Waals surface area contributed by atoms with Crippen molar-refractivity contribution in [3.8, 4) is 28.1 Å². The van der Waals surface area contributed by atoms with Gasteiger partial charge < -0.3 is 9.13 Å². The first-order chi connectivity index (χ1) is 23.8. The lowest BCUT2D eigenvalue weighted by Gasteiger charge is -2.15. The predicted molar refractivity (Wildman–Crippen MR) is 205 cm³/mol. The molecule has 0 aliphatic heterocycles. The average Bonchev–Trinajstić information content (AvgIpc) is 3.73. The zero-order chi connectivity index (χ0) is 31.6. The lowest BCUT2D eigenvalue weighted by atomic mass is 9.97. The molecule has 0 saturated carbocycles. The Bertz CT molecular complexity index is 2750. The number of hydrogen-bond donors (Lipinski definition) is 0. The van der Waals surface area contributed by atoms with Crippen molar-refractivity contribution in [3.05, 3.63) is 170 Å². The van der Waals surface area contributed by atoms with E-state index in [1.165, 1.54) is 82.3 Å². The van der Waals surface area contributed by atoms with E-state index < -0.39 is 0 Å². The first-order valence-corrected chi connectivity index (χ1v) is 16.8. The van der Waals surface area contributed by atoms with Gasteiger partial charge in [-0.25, -0.2) is 0 Å². The van der Waals surface area contributed by atoms with Gasteiger partial charge in [-0.1, -0.05) is 133 Å². The summed E-state index contributed by atoms with van der Waals surface area (Å²) in [5.74, 6) is 0. The van der Waals surface area contributed by atoms with Crippen molar-refractivity contribution < 1.29 is 0 Å². The fraction of sp³-hybridized carbons (Fsp3) is 0.0435. The van der Waals surface area contributed by atoms with E-state index in [9.17, 15) is 0 Å². The number of nitrogens with zero attached hydrogens (tertiary/aromatic N) is 2. The molecule has 1 aliphatic carbocycles. The van der Waals surface area contributed by atoms with Crippen molar-refractivity contribution in [1.29, 1.82) is 0 Å². The molecular formula is C46H32N2. The molecule has 1 aliphatic rings. The van der Waals surface area contributed by atoms with E-state index >= 15 is 0 Å². The zero-order valence-electron chi connectivity index (χ0n) is 26.5. The van der Waals surface area contributed by atoms with Crippen molar-refractivity contribution >= 4 is 60.0 Å². The van der Waals surface area contributed by atoms with Crippen molar-refractivity contribution in [2.24, 2.45) is 0 Å². The molecule has 0 unspecified atom stereocenters. The van der Waals surface area contributed by atoms with Gasteiger partial charge in [-0.05, 0) is 82.1 Å². The molecule has 226 valence electrons. The molecule has 0 N–H and O–H groups in total. The third-order valence-electron chi connectivity index (χ3n) is 10.2. The van der Waals surface area contributed by atoms with Crippen molar-refractivity contribution in [2.45, 2.75) is 12.8 Å². The molecule has 48 heavy (non-hydrogen) atoms. The maximum Gasteiger partial charge on any atom is 0.0619 e. The summed E-state index contributed by atoms with van der Waals surface area (Å²) in [5.41, 5.74) is 11.2. The smallest absolute Gasteiger partial charge is 0.0619 e. The summed E-state index contributed by atoms with van der Waals surface area (Å²) in [6.45, 7) is 0. The molecule has 10 rings (SSSR count). The fourth-order valence-corrected chi connectivity index (χ4v) is 8.08. The first-order valence-electron chi connectivity index (χ1n) is 16.8. The van der Waals surface area contributed by atoms with Crippen molar-refractivity contribution in [3.63, 3.8) is 0 Å². The topological polar surface area (TPSA) is 9.86 Å². The molecule has 0 fully saturated rings. The van der Waals surface area contributed by atoms with Gasteiger partial charge in [0.25, 0.3) is 0 Å². The molecule has 7 aromatic carbocycles. The van der Waals surface area contributed by atoms with Crippen LogP contribution in [0.25, 0.3) is 88.0 Å². The second-order valence-electron chi connectivity index (χ2n) is 12.8. The molecule has 0 saturated heterocycles. The van der Waals surface area contributed by atoms with Gasteiger partial charge >= 0.3 is 0 Å². The van der Waals surface area contributed by atoms with Gasteiger partial charge in [0.05, 0.1) is 22.2 Å². The number of aromatic nitrogens is 2. The minimum absolute atomic E-state index is 1.04. The van der Waals surface area contributed by atoms with Crippen molar-refractivity contribution in [1.82, 2.24) is 9.13 Å². The fourth-order valence-electron chi connectivity index (χ4n) is 8.08. The summed E-state index contributed by atoms with van der Waals surface area (Å²) in [7, 11) is 0. The molecule has 2 aromatic heterocycles. The molecule has 0 amide bonds. The minimum Gasteiger partial charge on any atom is -0.313 e. The molecule has 2 heterocycles. The van der Waals surface area contributed by atoms with E-state index in [2.05, 4.69) is 179 Å². The highest BCUT2D eigenvalue weighted by molar-refractivity contribution is 6.26. The maximum atomic E-state index is 2.47. The highest BCUT2D eigenvalue weighted by Gasteiger charge is 2.20. The van der Waals surface area contributed by atoms with E-state index in [-0.39, 0.29) is 0 Å². The first kappa shape index (κ1) is 27.0. The second kappa shape index (κ2) is 10.7. The van der Waals surface area contributed by atoms with E-state index in [0.717, 1.165) is 18.5 Å². The lowest BCUT2D eigenvalue weighted by Crippen LogP contribution is -1.98. The van der Waals surface area contributed by atoms with Crippen LogP contribution in [0.4, 0.5) is 0 Å². The normalized spacial score (nSPS) is 13.3. The standard InChI is InChI=1S/C46H32N2/c1-3-14-33(15-4-1)47-42-24-12-11-22-40(42)45-35(23-13-25-43(45)47)31-26-28-32(29-27-31)44-30-41-38-20-8-7-18-36(38)37-19-9-10-21-39(37)46(41)48(44)34-16-5-2-6-17-34/h1-3,5-14,16-30H,4,15H2. The van der Waals surface area contributed by atoms with Gasteiger partial charge in [0.1, 0.15) is 0 Å². The summed E-state index contributed by atoms with van der Waals surface area (Å²) < 4.78 is 4.93. The highest BCUT2D eigenvalue weighted by Crippen LogP contribution is 2.43. The van der Waals surface area contributed by atoms with Crippen LogP contribution in [-0.2, 0) is 0 Å². The quantitative estimate of drug-likeness (QED) is 0.175. The summed E-state index contributed by atoms with van der Waals surface area (Å²) in [6, 6.07) is 55.7. The number of para-hydroxylation sites is 2. The number of benzene rings is 7. The molecule has 0 spiro atoms. The Morgan fingerprint density at radius 2 is 1.08 bits per heavy atom. The highest BCUT2D eigenvalue weighted by atomic mass is 15.0. The van der Waals surface area contributed by atoms with Crippen LogP contribution in [0, 0.1) is 0 Å². The monoisotopic (exact) mass is 612 g/mol. The largest absolute Gasteiger partial charge is 0.313 e. The molecule has 2 heteroatoms.